The van der Waals surface area contributed by atoms with E-state index in [1.54, 1.807) is 17.4 Å². The van der Waals surface area contributed by atoms with E-state index in [0.717, 1.165) is 28.7 Å². The van der Waals surface area contributed by atoms with Gasteiger partial charge in [0.05, 0.1) is 0 Å². The first-order valence-corrected chi connectivity index (χ1v) is 8.06. The van der Waals surface area contributed by atoms with Crippen LogP contribution < -0.4 is 10.1 Å². The van der Waals surface area contributed by atoms with Crippen molar-refractivity contribution in [2.45, 2.75) is 39.3 Å². The van der Waals surface area contributed by atoms with Crippen LogP contribution in [0, 0.1) is 0 Å². The van der Waals surface area contributed by atoms with E-state index in [-0.39, 0.29) is 5.54 Å². The second-order valence-corrected chi connectivity index (χ2v) is 7.35. The van der Waals surface area contributed by atoms with Crippen molar-refractivity contribution in [2.24, 2.45) is 0 Å². The molecule has 2 aromatic rings. The highest BCUT2D eigenvalue weighted by atomic mass is 35.5. The van der Waals surface area contributed by atoms with Crippen LogP contribution in [0.25, 0.3) is 0 Å². The molecule has 0 saturated carbocycles. The standard InChI is InChI=1S/C15H20ClN3OS/c1-15(2,3)17-8-7-13-18-19-14(21-13)10-20-12-6-4-5-11(16)9-12/h4-6,9,17H,7-8,10H2,1-3H3. The van der Waals surface area contributed by atoms with Gasteiger partial charge < -0.3 is 10.1 Å². The van der Waals surface area contributed by atoms with E-state index in [4.69, 9.17) is 16.3 Å². The predicted molar refractivity (Wildman–Crippen MR) is 87.2 cm³/mol. The molecule has 0 aliphatic rings. The quantitative estimate of drug-likeness (QED) is 0.879. The molecule has 6 heteroatoms. The zero-order valence-electron chi connectivity index (χ0n) is 12.5. The number of nitrogens with zero attached hydrogens (tertiary/aromatic N) is 2. The lowest BCUT2D eigenvalue weighted by Gasteiger charge is -2.19. The molecule has 0 spiro atoms. The van der Waals surface area contributed by atoms with Crippen molar-refractivity contribution in [3.63, 3.8) is 0 Å². The van der Waals surface area contributed by atoms with Crippen LogP contribution >= 0.6 is 22.9 Å². The van der Waals surface area contributed by atoms with E-state index in [0.29, 0.717) is 11.6 Å². The van der Waals surface area contributed by atoms with Gasteiger partial charge in [0, 0.05) is 23.5 Å². The maximum Gasteiger partial charge on any atom is 0.155 e. The van der Waals surface area contributed by atoms with E-state index in [2.05, 4.69) is 36.3 Å². The van der Waals surface area contributed by atoms with Crippen molar-refractivity contribution >= 4 is 22.9 Å². The van der Waals surface area contributed by atoms with Gasteiger partial charge in [-0.05, 0) is 39.0 Å². The Morgan fingerprint density at radius 1 is 1.24 bits per heavy atom. The SMILES string of the molecule is CC(C)(C)NCCc1nnc(COc2cccc(Cl)c2)s1. The summed E-state index contributed by atoms with van der Waals surface area (Å²) in [6, 6.07) is 7.35. The maximum absolute atomic E-state index is 5.91. The number of hydrogen-bond donors (Lipinski definition) is 1. The Morgan fingerprint density at radius 3 is 2.71 bits per heavy atom. The van der Waals surface area contributed by atoms with Gasteiger partial charge >= 0.3 is 0 Å². The highest BCUT2D eigenvalue weighted by molar-refractivity contribution is 7.11. The van der Waals surface area contributed by atoms with Gasteiger partial charge in [0.15, 0.2) is 5.01 Å². The second-order valence-electron chi connectivity index (χ2n) is 5.76. The molecule has 0 saturated heterocycles. The largest absolute Gasteiger partial charge is 0.486 e. The number of ether oxygens (including phenoxy) is 1. The van der Waals surface area contributed by atoms with Crippen molar-refractivity contribution in [3.8, 4) is 5.75 Å². The molecule has 0 unspecified atom stereocenters. The molecular weight excluding hydrogens is 306 g/mol. The number of hydrogen-bond acceptors (Lipinski definition) is 5. The highest BCUT2D eigenvalue weighted by Gasteiger charge is 2.10. The van der Waals surface area contributed by atoms with E-state index in [9.17, 15) is 0 Å². The van der Waals surface area contributed by atoms with Gasteiger partial charge in [-0.1, -0.05) is 29.0 Å². The zero-order chi connectivity index (χ0) is 15.3. The average Bonchev–Trinajstić information content (AvgIpc) is 2.83. The van der Waals surface area contributed by atoms with E-state index < -0.39 is 0 Å². The summed E-state index contributed by atoms with van der Waals surface area (Å²) in [5, 5.41) is 14.3. The molecule has 0 atom stereocenters. The van der Waals surface area contributed by atoms with E-state index in [1.807, 2.05) is 18.2 Å². The highest BCUT2D eigenvalue weighted by Crippen LogP contribution is 2.19. The van der Waals surface area contributed by atoms with Gasteiger partial charge in [0.2, 0.25) is 0 Å². The molecule has 0 aliphatic carbocycles. The Balaban J connectivity index is 1.80. The minimum atomic E-state index is 0.128. The van der Waals surface area contributed by atoms with Crippen molar-refractivity contribution < 1.29 is 4.74 Å². The van der Waals surface area contributed by atoms with Crippen LogP contribution in [-0.4, -0.2) is 22.3 Å². The molecule has 0 aliphatic heterocycles. The Hall–Kier alpha value is -1.17. The van der Waals surface area contributed by atoms with Crippen LogP contribution in [0.1, 0.15) is 30.8 Å². The monoisotopic (exact) mass is 325 g/mol. The number of nitrogens with one attached hydrogen (secondary N) is 1. The molecule has 1 heterocycles. The molecule has 21 heavy (non-hydrogen) atoms. The van der Waals surface area contributed by atoms with Crippen LogP contribution in [0.4, 0.5) is 0 Å². The molecule has 1 aromatic heterocycles. The Labute approximate surface area is 134 Å². The number of benzene rings is 1. The molecule has 1 aromatic carbocycles. The molecule has 0 bridgehead atoms. The van der Waals surface area contributed by atoms with Gasteiger partial charge in [0.25, 0.3) is 0 Å². The fourth-order valence-corrected chi connectivity index (χ4v) is 2.63. The summed E-state index contributed by atoms with van der Waals surface area (Å²) < 4.78 is 5.65. The maximum atomic E-state index is 5.91. The lowest BCUT2D eigenvalue weighted by molar-refractivity contribution is 0.304. The zero-order valence-corrected chi connectivity index (χ0v) is 14.1. The minimum Gasteiger partial charge on any atom is -0.486 e. The van der Waals surface area contributed by atoms with Crippen LogP contribution in [0.15, 0.2) is 24.3 Å². The number of halogens is 1. The van der Waals surface area contributed by atoms with Crippen molar-refractivity contribution in [1.29, 1.82) is 0 Å². The summed E-state index contributed by atoms with van der Waals surface area (Å²) in [6.45, 7) is 7.77. The molecule has 0 radical (unpaired) electrons. The molecule has 2 rings (SSSR count). The first-order chi connectivity index (χ1) is 9.92. The third-order valence-corrected chi connectivity index (χ3v) is 3.85. The Morgan fingerprint density at radius 2 is 2.00 bits per heavy atom. The Kier molecular flexibility index (Phi) is 5.56. The van der Waals surface area contributed by atoms with Gasteiger partial charge in [0.1, 0.15) is 17.4 Å². The van der Waals surface area contributed by atoms with Crippen molar-refractivity contribution in [2.75, 3.05) is 6.54 Å². The third kappa shape index (κ3) is 5.99. The first kappa shape index (κ1) is 16.2. The third-order valence-electron chi connectivity index (χ3n) is 2.66. The molecule has 1 N–H and O–H groups in total. The summed E-state index contributed by atoms with van der Waals surface area (Å²) in [5.74, 6) is 0.744. The molecule has 4 nitrogen and oxygen atoms in total. The summed E-state index contributed by atoms with van der Waals surface area (Å²) in [7, 11) is 0. The fraction of sp³-hybridized carbons (Fsp3) is 0.467. The van der Waals surface area contributed by atoms with Gasteiger partial charge in [-0.25, -0.2) is 0 Å². The van der Waals surface area contributed by atoms with Gasteiger partial charge in [-0.15, -0.1) is 10.2 Å². The molecule has 114 valence electrons. The molecule has 0 amide bonds. The lowest BCUT2D eigenvalue weighted by atomic mass is 10.1. The van der Waals surface area contributed by atoms with E-state index in [1.165, 1.54) is 0 Å². The first-order valence-electron chi connectivity index (χ1n) is 6.87. The van der Waals surface area contributed by atoms with Crippen LogP contribution in [-0.2, 0) is 13.0 Å². The topological polar surface area (TPSA) is 47.0 Å². The smallest absolute Gasteiger partial charge is 0.155 e. The van der Waals surface area contributed by atoms with E-state index >= 15 is 0 Å². The van der Waals surface area contributed by atoms with Gasteiger partial charge in [-0.3, -0.25) is 0 Å². The van der Waals surface area contributed by atoms with Crippen molar-refractivity contribution in [1.82, 2.24) is 15.5 Å². The van der Waals surface area contributed by atoms with Crippen molar-refractivity contribution in [3.05, 3.63) is 39.3 Å². The lowest BCUT2D eigenvalue weighted by Crippen LogP contribution is -2.37. The Bertz CT molecular complexity index is 580. The summed E-state index contributed by atoms with van der Waals surface area (Å²) in [6.07, 6.45) is 0.881. The molecular formula is C15H20ClN3OS. The predicted octanol–water partition coefficient (Wildman–Crippen LogP) is 3.70. The average molecular weight is 326 g/mol. The molecule has 0 fully saturated rings. The second kappa shape index (κ2) is 7.20. The fourth-order valence-electron chi connectivity index (χ4n) is 1.69. The number of rotatable bonds is 6. The van der Waals surface area contributed by atoms with Crippen LogP contribution in [0.3, 0.4) is 0 Å². The summed E-state index contributed by atoms with van der Waals surface area (Å²) in [5.41, 5.74) is 0.128. The minimum absolute atomic E-state index is 0.128. The summed E-state index contributed by atoms with van der Waals surface area (Å²) in [4.78, 5) is 0. The van der Waals surface area contributed by atoms with Crippen LogP contribution in [0.5, 0.6) is 5.75 Å². The normalized spacial score (nSPS) is 11.6. The van der Waals surface area contributed by atoms with Gasteiger partial charge in [-0.2, -0.15) is 0 Å². The summed E-state index contributed by atoms with van der Waals surface area (Å²) >= 11 is 7.50. The van der Waals surface area contributed by atoms with Crippen LogP contribution in [0.2, 0.25) is 5.02 Å². The number of aromatic nitrogens is 2.